The molecule has 0 aromatic carbocycles. The van der Waals surface area contributed by atoms with Crippen LogP contribution < -0.4 is 0 Å². The van der Waals surface area contributed by atoms with Crippen molar-refractivity contribution in [3.63, 3.8) is 0 Å². The first-order valence-electron chi connectivity index (χ1n) is 4.57. The summed E-state index contributed by atoms with van der Waals surface area (Å²) in [6.07, 6.45) is 1.31. The van der Waals surface area contributed by atoms with Gasteiger partial charge in [0, 0.05) is 11.5 Å². The van der Waals surface area contributed by atoms with Crippen molar-refractivity contribution in [1.29, 1.82) is 0 Å². The minimum absolute atomic E-state index is 0.253. The van der Waals surface area contributed by atoms with E-state index in [2.05, 4.69) is 15.1 Å². The van der Waals surface area contributed by atoms with Crippen LogP contribution in [0.5, 0.6) is 0 Å². The molecule has 1 aliphatic heterocycles. The number of fused-ring (bicyclic) bond motifs is 1. The first-order valence-corrected chi connectivity index (χ1v) is 4.57. The van der Waals surface area contributed by atoms with Crippen LogP contribution in [-0.4, -0.2) is 14.9 Å². The molecule has 6 heteroatoms. The Morgan fingerprint density at radius 2 is 2.64 bits per heavy atom. The van der Waals surface area contributed by atoms with Gasteiger partial charge in [-0.15, -0.1) is 0 Å². The van der Waals surface area contributed by atoms with Crippen molar-refractivity contribution in [3.05, 3.63) is 27.9 Å². The molecule has 0 saturated heterocycles. The number of aromatic nitrogens is 2. The molecule has 0 amide bonds. The predicted molar refractivity (Wildman–Crippen MR) is 49.3 cm³/mol. The quantitative estimate of drug-likeness (QED) is 0.438. The van der Waals surface area contributed by atoms with Gasteiger partial charge in [0.25, 0.3) is 0 Å². The summed E-state index contributed by atoms with van der Waals surface area (Å²) in [6, 6.07) is 1.80. The van der Waals surface area contributed by atoms with Gasteiger partial charge in [-0.1, -0.05) is 5.11 Å². The van der Waals surface area contributed by atoms with Crippen LogP contribution in [0.4, 0.5) is 0 Å². The standard InChI is InChI=1S/C8H11N5O/c9-12-10-5-6-4-7-8(14)2-1-3-13(7)11-6/h4,8,14H,1-3,5H2. The fraction of sp³-hybridized carbons (Fsp3) is 0.625. The Morgan fingerprint density at radius 3 is 3.36 bits per heavy atom. The second kappa shape index (κ2) is 3.69. The van der Waals surface area contributed by atoms with E-state index in [9.17, 15) is 5.11 Å². The molecule has 6 nitrogen and oxygen atoms in total. The van der Waals surface area contributed by atoms with Crippen LogP contribution in [0.25, 0.3) is 10.4 Å². The van der Waals surface area contributed by atoms with Gasteiger partial charge in [0.2, 0.25) is 0 Å². The Balaban J connectivity index is 2.25. The number of azide groups is 1. The van der Waals surface area contributed by atoms with Gasteiger partial charge in [-0.2, -0.15) is 5.10 Å². The van der Waals surface area contributed by atoms with E-state index in [1.807, 2.05) is 0 Å². The van der Waals surface area contributed by atoms with Crippen molar-refractivity contribution in [2.45, 2.75) is 32.0 Å². The average Bonchev–Trinajstić information content (AvgIpc) is 2.59. The summed E-state index contributed by atoms with van der Waals surface area (Å²) >= 11 is 0. The molecular weight excluding hydrogens is 182 g/mol. The van der Waals surface area contributed by atoms with Crippen LogP contribution in [-0.2, 0) is 13.1 Å². The van der Waals surface area contributed by atoms with Gasteiger partial charge in [0.05, 0.1) is 24.0 Å². The molecule has 1 N–H and O–H groups in total. The lowest BCUT2D eigenvalue weighted by Gasteiger charge is -2.18. The van der Waals surface area contributed by atoms with Crippen molar-refractivity contribution in [1.82, 2.24) is 9.78 Å². The third-order valence-electron chi connectivity index (χ3n) is 2.35. The molecule has 1 aromatic rings. The molecule has 0 spiro atoms. The van der Waals surface area contributed by atoms with E-state index in [4.69, 9.17) is 5.53 Å². The van der Waals surface area contributed by atoms with E-state index in [1.165, 1.54) is 0 Å². The fourth-order valence-corrected chi connectivity index (χ4v) is 1.70. The topological polar surface area (TPSA) is 86.8 Å². The lowest BCUT2D eigenvalue weighted by atomic mass is 10.1. The van der Waals surface area contributed by atoms with Crippen molar-refractivity contribution in [2.75, 3.05) is 0 Å². The number of hydrogen-bond acceptors (Lipinski definition) is 3. The number of aliphatic hydroxyl groups excluding tert-OH is 1. The van der Waals surface area contributed by atoms with Crippen molar-refractivity contribution < 1.29 is 5.11 Å². The SMILES string of the molecule is [N-]=[N+]=NCc1cc2n(n1)CCCC2O. The average molecular weight is 193 g/mol. The molecule has 74 valence electrons. The number of rotatable bonds is 2. The second-order valence-electron chi connectivity index (χ2n) is 3.33. The van der Waals surface area contributed by atoms with Gasteiger partial charge < -0.3 is 5.11 Å². The summed E-state index contributed by atoms with van der Waals surface area (Å²) in [5, 5.41) is 17.3. The maximum absolute atomic E-state index is 9.64. The van der Waals surface area contributed by atoms with Gasteiger partial charge >= 0.3 is 0 Å². The van der Waals surface area contributed by atoms with Crippen LogP contribution in [0.2, 0.25) is 0 Å². The van der Waals surface area contributed by atoms with E-state index in [0.29, 0.717) is 0 Å². The minimum atomic E-state index is -0.420. The summed E-state index contributed by atoms with van der Waals surface area (Å²) < 4.78 is 1.79. The normalized spacial score (nSPS) is 19.9. The van der Waals surface area contributed by atoms with Crippen LogP contribution in [0.1, 0.15) is 30.3 Å². The van der Waals surface area contributed by atoms with Gasteiger partial charge in [-0.05, 0) is 24.4 Å². The van der Waals surface area contributed by atoms with E-state index in [1.54, 1.807) is 10.7 Å². The monoisotopic (exact) mass is 193 g/mol. The maximum atomic E-state index is 9.64. The minimum Gasteiger partial charge on any atom is -0.387 e. The Bertz CT molecular complexity index is 379. The molecule has 2 rings (SSSR count). The summed E-state index contributed by atoms with van der Waals surface area (Å²) in [4.78, 5) is 2.67. The second-order valence-corrected chi connectivity index (χ2v) is 3.33. The molecule has 1 aliphatic rings. The Morgan fingerprint density at radius 1 is 1.79 bits per heavy atom. The van der Waals surface area contributed by atoms with Crippen molar-refractivity contribution in [3.8, 4) is 0 Å². The lowest BCUT2D eigenvalue weighted by molar-refractivity contribution is 0.135. The highest BCUT2D eigenvalue weighted by Gasteiger charge is 2.19. The predicted octanol–water partition coefficient (Wildman–Crippen LogP) is 1.52. The summed E-state index contributed by atoms with van der Waals surface area (Å²) in [7, 11) is 0. The van der Waals surface area contributed by atoms with Crippen molar-refractivity contribution >= 4 is 0 Å². The highest BCUT2D eigenvalue weighted by atomic mass is 16.3. The van der Waals surface area contributed by atoms with Crippen LogP contribution in [0.15, 0.2) is 11.2 Å². The van der Waals surface area contributed by atoms with E-state index >= 15 is 0 Å². The molecular formula is C8H11N5O. The highest BCUT2D eigenvalue weighted by Crippen LogP contribution is 2.24. The largest absolute Gasteiger partial charge is 0.387 e. The molecule has 0 bridgehead atoms. The number of aryl methyl sites for hydroxylation is 1. The lowest BCUT2D eigenvalue weighted by Crippen LogP contribution is -2.15. The third-order valence-corrected chi connectivity index (χ3v) is 2.35. The molecule has 1 aromatic heterocycles. The van der Waals surface area contributed by atoms with Crippen LogP contribution >= 0.6 is 0 Å². The van der Waals surface area contributed by atoms with Gasteiger partial charge in [0.1, 0.15) is 0 Å². The number of hydrogen-bond donors (Lipinski definition) is 1. The smallest absolute Gasteiger partial charge is 0.0957 e. The Hall–Kier alpha value is -1.52. The molecule has 1 unspecified atom stereocenters. The van der Waals surface area contributed by atoms with E-state index < -0.39 is 6.10 Å². The van der Waals surface area contributed by atoms with E-state index in [-0.39, 0.29) is 6.54 Å². The van der Waals surface area contributed by atoms with Gasteiger partial charge in [0.15, 0.2) is 0 Å². The fourth-order valence-electron chi connectivity index (χ4n) is 1.70. The molecule has 14 heavy (non-hydrogen) atoms. The highest BCUT2D eigenvalue weighted by molar-refractivity contribution is 5.14. The molecule has 2 heterocycles. The molecule has 0 saturated carbocycles. The molecule has 1 atom stereocenters. The van der Waals surface area contributed by atoms with Gasteiger partial charge in [-0.3, -0.25) is 4.68 Å². The Labute approximate surface area is 80.8 Å². The van der Waals surface area contributed by atoms with Crippen molar-refractivity contribution in [2.24, 2.45) is 5.11 Å². The zero-order chi connectivity index (χ0) is 9.97. The summed E-state index contributed by atoms with van der Waals surface area (Å²) in [6.45, 7) is 1.09. The zero-order valence-corrected chi connectivity index (χ0v) is 7.67. The zero-order valence-electron chi connectivity index (χ0n) is 7.67. The first kappa shape index (κ1) is 9.05. The van der Waals surface area contributed by atoms with Crippen LogP contribution in [0.3, 0.4) is 0 Å². The molecule has 0 aliphatic carbocycles. The first-order chi connectivity index (χ1) is 6.81. The van der Waals surface area contributed by atoms with E-state index in [0.717, 1.165) is 30.8 Å². The molecule has 0 radical (unpaired) electrons. The maximum Gasteiger partial charge on any atom is 0.0957 e. The number of nitrogens with zero attached hydrogens (tertiary/aromatic N) is 5. The third kappa shape index (κ3) is 1.57. The Kier molecular flexibility index (Phi) is 2.39. The summed E-state index contributed by atoms with van der Waals surface area (Å²) in [5.41, 5.74) is 9.71. The van der Waals surface area contributed by atoms with Gasteiger partial charge in [-0.25, -0.2) is 0 Å². The van der Waals surface area contributed by atoms with Crippen LogP contribution in [0, 0.1) is 0 Å². The molecule has 0 fully saturated rings. The summed E-state index contributed by atoms with van der Waals surface area (Å²) in [5.74, 6) is 0. The number of aliphatic hydroxyl groups is 1.